The van der Waals surface area contributed by atoms with Gasteiger partial charge in [0.25, 0.3) is 0 Å². The number of aliphatic hydroxyl groups is 2. The Hall–Kier alpha value is -4.67. The first-order valence-electron chi connectivity index (χ1n) is 19.6. The number of carbonyl (C=O) groups is 5. The molecule has 5 rings (SSSR count). The van der Waals surface area contributed by atoms with E-state index in [4.69, 9.17) is 33.2 Å². The number of methoxy groups -OCH3 is 2. The summed E-state index contributed by atoms with van der Waals surface area (Å²) in [6.07, 6.45) is -9.22. The summed E-state index contributed by atoms with van der Waals surface area (Å²) in [7, 11) is 2.72. The molecule has 1 saturated carbocycles. The van der Waals surface area contributed by atoms with Crippen molar-refractivity contribution in [3.63, 3.8) is 0 Å². The Balaban J connectivity index is 1.71. The number of ether oxygens (including phenoxy) is 7. The Morgan fingerprint density at radius 3 is 2.03 bits per heavy atom. The van der Waals surface area contributed by atoms with Crippen LogP contribution in [0.1, 0.15) is 90.2 Å². The SMILES string of the molecule is CO[C@H]1C[C@H]2OC[C@@]2(OC(C)=O)C2[C@H](OC(=O)c3ccccc3)C[C@H](OC(=O)[C@H](O)[C@H](NC(=O)OC(C)(C)C)c3ccccc3)/C(C)=C(\C(C)(C)O)[C@@H](OC)C(=O)[C@@]21C. The van der Waals surface area contributed by atoms with E-state index in [-0.39, 0.29) is 36.2 Å². The van der Waals surface area contributed by atoms with E-state index >= 15 is 4.79 Å². The second-order valence-electron chi connectivity index (χ2n) is 17.2. The number of fused-ring (bicyclic) bond motifs is 3. The standard InChI is InChI=1S/C44H57NO14/c1-24-28(56-39(50)34(47)33(26-17-13-11-14-18-26)45-40(51)59-41(3,4)5)21-29(57-38(49)27-19-15-12-16-20-27)36-43(8,37(48)35(54-10)32(24)42(6,7)52)30(53-9)22-31-44(36,23-55-31)58-25(2)46/h11-20,28-31,33-36,47,52H,21-23H2,1-10H3,(H,45,51)/b32-24-/t28-,29+,30-,31+,33+,34+,35+,36?,43+,44-/m0/s1. The predicted octanol–water partition coefficient (Wildman–Crippen LogP) is 4.57. The Labute approximate surface area is 344 Å². The molecule has 10 atom stereocenters. The Morgan fingerprint density at radius 1 is 0.915 bits per heavy atom. The number of benzene rings is 2. The van der Waals surface area contributed by atoms with Gasteiger partial charge in [0, 0.05) is 34.0 Å². The van der Waals surface area contributed by atoms with Gasteiger partial charge in [0.1, 0.15) is 30.0 Å². The normalized spacial score (nSPS) is 30.7. The monoisotopic (exact) mass is 823 g/mol. The van der Waals surface area contributed by atoms with E-state index in [0.717, 1.165) is 0 Å². The van der Waals surface area contributed by atoms with Gasteiger partial charge in [-0.05, 0) is 77.3 Å². The molecule has 1 aliphatic heterocycles. The summed E-state index contributed by atoms with van der Waals surface area (Å²) in [4.78, 5) is 69.9. The van der Waals surface area contributed by atoms with Crippen LogP contribution in [0.25, 0.3) is 0 Å². The van der Waals surface area contributed by atoms with Crippen LogP contribution in [-0.4, -0.2) is 114 Å². The predicted molar refractivity (Wildman–Crippen MR) is 211 cm³/mol. The number of carbonyl (C=O) groups excluding carboxylic acids is 5. The van der Waals surface area contributed by atoms with E-state index in [1.807, 2.05) is 0 Å². The van der Waals surface area contributed by atoms with Crippen LogP contribution in [-0.2, 0) is 47.5 Å². The van der Waals surface area contributed by atoms with Crippen LogP contribution in [0.3, 0.4) is 0 Å². The van der Waals surface area contributed by atoms with Crippen LogP contribution in [0, 0.1) is 11.3 Å². The number of aliphatic hydroxyl groups excluding tert-OH is 1. The van der Waals surface area contributed by atoms with Crippen molar-refractivity contribution in [1.82, 2.24) is 5.32 Å². The molecule has 59 heavy (non-hydrogen) atoms. The first-order valence-corrected chi connectivity index (χ1v) is 19.6. The largest absolute Gasteiger partial charge is 0.458 e. The lowest BCUT2D eigenvalue weighted by atomic mass is 9.51. The number of rotatable bonds is 11. The third kappa shape index (κ3) is 9.24. The average molecular weight is 824 g/mol. The highest BCUT2D eigenvalue weighted by Crippen LogP contribution is 2.59. The van der Waals surface area contributed by atoms with Crippen molar-refractivity contribution in [2.75, 3.05) is 20.8 Å². The summed E-state index contributed by atoms with van der Waals surface area (Å²) in [6, 6.07) is 15.0. The van der Waals surface area contributed by atoms with Crippen molar-refractivity contribution < 1.29 is 67.3 Å². The van der Waals surface area contributed by atoms with Gasteiger partial charge >= 0.3 is 24.0 Å². The van der Waals surface area contributed by atoms with Gasteiger partial charge < -0.3 is 48.7 Å². The molecule has 2 aliphatic carbocycles. The maximum Gasteiger partial charge on any atom is 0.408 e. The maximum absolute atomic E-state index is 15.4. The van der Waals surface area contributed by atoms with Crippen molar-refractivity contribution in [2.45, 2.75) is 128 Å². The minimum absolute atomic E-state index is 0.0437. The first kappa shape index (κ1) is 45.4. The second kappa shape index (κ2) is 17.5. The smallest absolute Gasteiger partial charge is 0.408 e. The zero-order valence-corrected chi connectivity index (χ0v) is 35.3. The molecule has 0 radical (unpaired) electrons. The van der Waals surface area contributed by atoms with Gasteiger partial charge in [0.2, 0.25) is 0 Å². The fraction of sp³-hybridized carbons (Fsp3) is 0.568. The molecule has 0 spiro atoms. The molecule has 1 saturated heterocycles. The molecule has 3 aliphatic rings. The van der Waals surface area contributed by atoms with E-state index in [2.05, 4.69) is 5.32 Å². The molecule has 322 valence electrons. The topological polar surface area (TPSA) is 202 Å². The number of ketones is 1. The van der Waals surface area contributed by atoms with E-state index in [1.54, 1.807) is 95.3 Å². The number of amides is 1. The minimum atomic E-state index is -2.03. The van der Waals surface area contributed by atoms with Gasteiger partial charge in [-0.3, -0.25) is 9.59 Å². The molecule has 15 heteroatoms. The van der Waals surface area contributed by atoms with Crippen molar-refractivity contribution in [1.29, 1.82) is 0 Å². The summed E-state index contributed by atoms with van der Waals surface area (Å²) in [5.41, 5.74) is -5.17. The quantitative estimate of drug-likeness (QED) is 0.162. The van der Waals surface area contributed by atoms with E-state index in [1.165, 1.54) is 35.0 Å². The molecule has 1 amide bonds. The third-order valence-corrected chi connectivity index (χ3v) is 11.5. The van der Waals surface area contributed by atoms with Gasteiger partial charge in [-0.1, -0.05) is 48.5 Å². The fourth-order valence-corrected chi connectivity index (χ4v) is 9.01. The Bertz CT molecular complexity index is 1900. The first-order chi connectivity index (χ1) is 27.6. The molecule has 3 N–H and O–H groups in total. The maximum atomic E-state index is 15.4. The average Bonchev–Trinajstić information content (AvgIpc) is 3.18. The molecular weight excluding hydrogens is 766 g/mol. The van der Waals surface area contributed by atoms with Gasteiger partial charge in [-0.2, -0.15) is 0 Å². The Morgan fingerprint density at radius 2 is 1.53 bits per heavy atom. The number of hydrogen-bond donors (Lipinski definition) is 3. The molecule has 0 bridgehead atoms. The summed E-state index contributed by atoms with van der Waals surface area (Å²) in [5.74, 6) is -4.46. The van der Waals surface area contributed by atoms with E-state index in [0.29, 0.717) is 5.56 Å². The molecule has 2 aromatic carbocycles. The number of hydrogen-bond acceptors (Lipinski definition) is 14. The second-order valence-corrected chi connectivity index (χ2v) is 17.2. The highest BCUT2D eigenvalue weighted by molar-refractivity contribution is 5.94. The van der Waals surface area contributed by atoms with Crippen LogP contribution in [0.4, 0.5) is 4.79 Å². The van der Waals surface area contributed by atoms with Gasteiger partial charge in [0.05, 0.1) is 41.3 Å². The molecule has 1 heterocycles. The summed E-state index contributed by atoms with van der Waals surface area (Å²) < 4.78 is 42.1. The third-order valence-electron chi connectivity index (χ3n) is 11.5. The van der Waals surface area contributed by atoms with Crippen molar-refractivity contribution >= 4 is 29.8 Å². The minimum Gasteiger partial charge on any atom is -0.458 e. The van der Waals surface area contributed by atoms with Crippen LogP contribution in [0.15, 0.2) is 71.8 Å². The molecule has 15 nitrogen and oxygen atoms in total. The van der Waals surface area contributed by atoms with E-state index in [9.17, 15) is 29.4 Å². The highest BCUT2D eigenvalue weighted by atomic mass is 16.6. The fourth-order valence-electron chi connectivity index (χ4n) is 9.01. The van der Waals surface area contributed by atoms with Crippen molar-refractivity contribution in [2.24, 2.45) is 11.3 Å². The van der Waals surface area contributed by atoms with Crippen LogP contribution >= 0.6 is 0 Å². The number of alkyl carbamates (subject to hydrolysis) is 1. The van der Waals surface area contributed by atoms with Gasteiger partial charge in [-0.25, -0.2) is 14.4 Å². The van der Waals surface area contributed by atoms with Crippen molar-refractivity contribution in [3.8, 4) is 0 Å². The Kier molecular flexibility index (Phi) is 13.5. The molecule has 0 aromatic heterocycles. The number of esters is 3. The van der Waals surface area contributed by atoms with Crippen LogP contribution in [0.2, 0.25) is 0 Å². The summed E-state index contributed by atoms with van der Waals surface area (Å²) in [5, 5.41) is 26.2. The van der Waals surface area contributed by atoms with Gasteiger partial charge in [0.15, 0.2) is 17.5 Å². The van der Waals surface area contributed by atoms with Crippen LogP contribution in [0.5, 0.6) is 0 Å². The zero-order valence-electron chi connectivity index (χ0n) is 35.3. The van der Waals surface area contributed by atoms with E-state index < -0.39 is 101 Å². The summed E-state index contributed by atoms with van der Waals surface area (Å²) >= 11 is 0. The zero-order chi connectivity index (χ0) is 43.7. The lowest BCUT2D eigenvalue weighted by Crippen LogP contribution is -2.77. The highest BCUT2D eigenvalue weighted by Gasteiger charge is 2.73. The van der Waals surface area contributed by atoms with Crippen molar-refractivity contribution in [3.05, 3.63) is 82.9 Å². The molecule has 1 unspecified atom stereocenters. The number of nitrogens with one attached hydrogen (secondary N) is 1. The lowest BCUT2D eigenvalue weighted by molar-refractivity contribution is -0.332. The molecule has 2 fully saturated rings. The van der Waals surface area contributed by atoms with Crippen LogP contribution < -0.4 is 5.32 Å². The number of Topliss-reactive ketones (excluding diaryl/α,β-unsaturated/α-hetero) is 1. The molecule has 2 aromatic rings. The summed E-state index contributed by atoms with van der Waals surface area (Å²) in [6.45, 7) is 12.1. The van der Waals surface area contributed by atoms with Gasteiger partial charge in [-0.15, -0.1) is 0 Å². The molecular formula is C44H57NO14. The lowest BCUT2D eigenvalue weighted by Gasteiger charge is -2.63.